The topological polar surface area (TPSA) is 74.2 Å². The minimum Gasteiger partial charge on any atom is -0.465 e. The van der Waals surface area contributed by atoms with Crippen molar-refractivity contribution in [1.29, 1.82) is 0 Å². The summed E-state index contributed by atoms with van der Waals surface area (Å²) in [5.41, 5.74) is -0.574. The molecule has 1 aliphatic heterocycles. The van der Waals surface area contributed by atoms with E-state index < -0.39 is 29.2 Å². The second-order valence-electron chi connectivity index (χ2n) is 7.42. The van der Waals surface area contributed by atoms with Crippen molar-refractivity contribution in [1.82, 2.24) is 0 Å². The molecule has 1 aromatic carbocycles. The number of ether oxygens (including phenoxy) is 3. The lowest BCUT2D eigenvalue weighted by atomic mass is 9.84. The molecule has 0 amide bonds. The van der Waals surface area contributed by atoms with Crippen LogP contribution in [0.25, 0.3) is 0 Å². The van der Waals surface area contributed by atoms with Gasteiger partial charge >= 0.3 is 11.9 Å². The highest BCUT2D eigenvalue weighted by Crippen LogP contribution is 2.56. The summed E-state index contributed by atoms with van der Waals surface area (Å²) in [7, 11) is 0. The van der Waals surface area contributed by atoms with Crippen molar-refractivity contribution in [2.45, 2.75) is 45.4 Å². The number of rotatable bonds is 6. The fourth-order valence-corrected chi connectivity index (χ4v) is 4.21. The Bertz CT molecular complexity index is 769. The van der Waals surface area contributed by atoms with E-state index in [1.807, 2.05) is 37.3 Å². The fourth-order valence-electron chi connectivity index (χ4n) is 4.21. The van der Waals surface area contributed by atoms with E-state index in [0.717, 1.165) is 11.1 Å². The molecule has 150 valence electrons. The van der Waals surface area contributed by atoms with E-state index in [9.17, 15) is 9.59 Å². The maximum atomic E-state index is 12.9. The number of hydrogen-bond acceptors (Lipinski definition) is 6. The number of esters is 2. The summed E-state index contributed by atoms with van der Waals surface area (Å²) in [5, 5.41) is 0. The minimum atomic E-state index is -1.42. The first kappa shape index (κ1) is 20.3. The van der Waals surface area contributed by atoms with E-state index in [1.165, 1.54) is 0 Å². The van der Waals surface area contributed by atoms with Crippen LogP contribution in [-0.2, 0) is 23.8 Å². The fraction of sp³-hybridized carbons (Fsp3) is 0.500. The number of aliphatic imine (C=N–C) groups is 1. The molecule has 0 aromatic heterocycles. The molecule has 6 nitrogen and oxygen atoms in total. The van der Waals surface area contributed by atoms with Gasteiger partial charge in [0, 0.05) is 24.1 Å². The second kappa shape index (κ2) is 7.87. The number of hydrogen-bond donors (Lipinski definition) is 0. The van der Waals surface area contributed by atoms with E-state index in [-0.39, 0.29) is 32.0 Å². The SMILES string of the molecule is C=C(C)[C@H]1CC(C(=O)OCC)(C(=O)OCC)C[C@]12C=N[C@@H](c1ccccc1)O2. The molecule has 0 N–H and O–H groups in total. The largest absolute Gasteiger partial charge is 0.465 e. The Balaban J connectivity index is 1.97. The summed E-state index contributed by atoms with van der Waals surface area (Å²) >= 11 is 0. The lowest BCUT2D eigenvalue weighted by Gasteiger charge is -2.30. The Labute approximate surface area is 165 Å². The van der Waals surface area contributed by atoms with Crippen molar-refractivity contribution in [3.8, 4) is 0 Å². The first-order valence-corrected chi connectivity index (χ1v) is 9.65. The second-order valence-corrected chi connectivity index (χ2v) is 7.42. The van der Waals surface area contributed by atoms with E-state index >= 15 is 0 Å². The highest BCUT2D eigenvalue weighted by atomic mass is 16.6. The Kier molecular flexibility index (Phi) is 5.70. The Morgan fingerprint density at radius 2 is 1.79 bits per heavy atom. The van der Waals surface area contributed by atoms with Crippen LogP contribution >= 0.6 is 0 Å². The van der Waals surface area contributed by atoms with Crippen LogP contribution in [-0.4, -0.2) is 37.0 Å². The summed E-state index contributed by atoms with van der Waals surface area (Å²) in [4.78, 5) is 30.3. The van der Waals surface area contributed by atoms with E-state index in [4.69, 9.17) is 14.2 Å². The molecule has 6 heteroatoms. The molecule has 0 radical (unpaired) electrons. The van der Waals surface area contributed by atoms with Crippen molar-refractivity contribution in [3.63, 3.8) is 0 Å². The maximum Gasteiger partial charge on any atom is 0.323 e. The third-order valence-electron chi connectivity index (χ3n) is 5.49. The van der Waals surface area contributed by atoms with Gasteiger partial charge in [-0.3, -0.25) is 14.6 Å². The van der Waals surface area contributed by atoms with E-state index in [1.54, 1.807) is 20.1 Å². The van der Waals surface area contributed by atoms with Crippen LogP contribution in [0.5, 0.6) is 0 Å². The molecule has 28 heavy (non-hydrogen) atoms. The van der Waals surface area contributed by atoms with Crippen molar-refractivity contribution in [2.24, 2.45) is 16.3 Å². The molecule has 3 atom stereocenters. The van der Waals surface area contributed by atoms with Crippen LogP contribution in [0.2, 0.25) is 0 Å². The van der Waals surface area contributed by atoms with Gasteiger partial charge in [-0.2, -0.15) is 0 Å². The van der Waals surface area contributed by atoms with Gasteiger partial charge in [-0.1, -0.05) is 42.5 Å². The average molecular weight is 385 g/mol. The van der Waals surface area contributed by atoms with Crippen LogP contribution in [0.1, 0.15) is 45.4 Å². The highest BCUT2D eigenvalue weighted by Gasteiger charge is 2.65. The van der Waals surface area contributed by atoms with Crippen molar-refractivity contribution < 1.29 is 23.8 Å². The van der Waals surface area contributed by atoms with Crippen LogP contribution in [0.15, 0.2) is 47.5 Å². The summed E-state index contributed by atoms with van der Waals surface area (Å²) in [6.45, 7) is 9.78. The third-order valence-corrected chi connectivity index (χ3v) is 5.49. The average Bonchev–Trinajstić information content (AvgIpc) is 3.26. The molecular formula is C22H27NO5. The summed E-state index contributed by atoms with van der Waals surface area (Å²) in [6, 6.07) is 9.65. The van der Waals surface area contributed by atoms with Crippen LogP contribution in [0, 0.1) is 11.3 Å². The number of benzene rings is 1. The lowest BCUT2D eigenvalue weighted by Crippen LogP contribution is -2.43. The molecular weight excluding hydrogens is 358 g/mol. The molecule has 1 spiro atoms. The number of carbonyl (C=O) groups is 2. The van der Waals surface area contributed by atoms with Crippen molar-refractivity contribution in [2.75, 3.05) is 13.2 Å². The Hall–Kier alpha value is -2.47. The lowest BCUT2D eigenvalue weighted by molar-refractivity contribution is -0.173. The summed E-state index contributed by atoms with van der Waals surface area (Å²) < 4.78 is 16.9. The first-order valence-electron chi connectivity index (χ1n) is 9.65. The van der Waals surface area contributed by atoms with Crippen LogP contribution in [0.3, 0.4) is 0 Å². The molecule has 0 saturated heterocycles. The predicted octanol–water partition coefficient (Wildman–Crippen LogP) is 3.62. The predicted molar refractivity (Wildman–Crippen MR) is 105 cm³/mol. The first-order chi connectivity index (χ1) is 13.4. The molecule has 2 aliphatic rings. The molecule has 1 aromatic rings. The summed E-state index contributed by atoms with van der Waals surface area (Å²) in [6.07, 6.45) is 1.61. The molecule has 1 aliphatic carbocycles. The van der Waals surface area contributed by atoms with E-state index in [2.05, 4.69) is 11.6 Å². The van der Waals surface area contributed by atoms with Gasteiger partial charge in [0.1, 0.15) is 5.60 Å². The zero-order chi connectivity index (χ0) is 20.4. The van der Waals surface area contributed by atoms with Crippen molar-refractivity contribution >= 4 is 18.2 Å². The molecule has 0 unspecified atom stereocenters. The van der Waals surface area contributed by atoms with Gasteiger partial charge in [0.25, 0.3) is 0 Å². The standard InChI is InChI=1S/C22H27NO5/c1-5-26-19(24)21(20(25)27-6-2)12-17(15(3)4)22(13-21)14-23-18(28-22)16-10-8-7-9-11-16/h7-11,14,17-18H,3,5-6,12-13H2,1-2,4H3/t17-,18-,22+/m1/s1. The maximum absolute atomic E-state index is 12.9. The Morgan fingerprint density at radius 1 is 1.18 bits per heavy atom. The van der Waals surface area contributed by atoms with Crippen molar-refractivity contribution in [3.05, 3.63) is 48.0 Å². The highest BCUT2D eigenvalue weighted by molar-refractivity contribution is 6.02. The normalized spacial score (nSPS) is 27.7. The Morgan fingerprint density at radius 3 is 2.32 bits per heavy atom. The monoisotopic (exact) mass is 385 g/mol. The molecule has 1 saturated carbocycles. The minimum absolute atomic E-state index is 0.127. The smallest absolute Gasteiger partial charge is 0.323 e. The number of carbonyl (C=O) groups excluding carboxylic acids is 2. The molecule has 1 heterocycles. The van der Waals surface area contributed by atoms with Gasteiger partial charge in [0.15, 0.2) is 11.6 Å². The van der Waals surface area contributed by atoms with Gasteiger partial charge in [-0.15, -0.1) is 0 Å². The van der Waals surface area contributed by atoms with Gasteiger partial charge in [0.05, 0.1) is 13.2 Å². The van der Waals surface area contributed by atoms with Gasteiger partial charge in [-0.05, 0) is 27.2 Å². The van der Waals surface area contributed by atoms with Crippen LogP contribution < -0.4 is 0 Å². The molecule has 3 rings (SSSR count). The quantitative estimate of drug-likeness (QED) is 0.425. The summed E-state index contributed by atoms with van der Waals surface area (Å²) in [5.74, 6) is -1.40. The third kappa shape index (κ3) is 3.37. The molecule has 1 fully saturated rings. The van der Waals surface area contributed by atoms with Gasteiger partial charge in [0.2, 0.25) is 0 Å². The van der Waals surface area contributed by atoms with Gasteiger partial charge in [-0.25, -0.2) is 0 Å². The van der Waals surface area contributed by atoms with E-state index in [0.29, 0.717) is 0 Å². The number of nitrogens with zero attached hydrogens (tertiary/aromatic N) is 1. The molecule has 0 bridgehead atoms. The zero-order valence-electron chi connectivity index (χ0n) is 16.6. The van der Waals surface area contributed by atoms with Crippen LogP contribution in [0.4, 0.5) is 0 Å². The zero-order valence-corrected chi connectivity index (χ0v) is 16.6. The van der Waals surface area contributed by atoms with Gasteiger partial charge < -0.3 is 14.2 Å².